The predicted molar refractivity (Wildman–Crippen MR) is 55.8 cm³/mol. The Kier molecular flexibility index (Phi) is 6.86. The topological polar surface area (TPSA) is 98.6 Å². The number of hydrogen-bond donors (Lipinski definition) is 2. The van der Waals surface area contributed by atoms with Crippen LogP contribution in [0.4, 0.5) is 5.69 Å². The van der Waals surface area contributed by atoms with Gasteiger partial charge in [-0.2, -0.15) is 0 Å². The maximum atomic E-state index is 10.2. The summed E-state index contributed by atoms with van der Waals surface area (Å²) in [6, 6.07) is 5.91. The minimum absolute atomic E-state index is 0.0748. The number of benzene rings is 1. The second-order valence-corrected chi connectivity index (χ2v) is 2.47. The lowest BCUT2D eigenvalue weighted by atomic mass is 10.3. The highest BCUT2D eigenvalue weighted by atomic mass is 16.6. The third kappa shape index (κ3) is 5.61. The molecule has 6 nitrogen and oxygen atoms in total. The Morgan fingerprint density at radius 3 is 2.20 bits per heavy atom. The van der Waals surface area contributed by atoms with Gasteiger partial charge in [-0.1, -0.05) is 0 Å². The van der Waals surface area contributed by atoms with Crippen LogP contribution in [0.15, 0.2) is 24.3 Å². The highest BCUT2D eigenvalue weighted by Crippen LogP contribution is 2.16. The molecule has 0 bridgehead atoms. The molecule has 0 saturated carbocycles. The van der Waals surface area contributed by atoms with Crippen LogP contribution >= 0.6 is 0 Å². The zero-order chi connectivity index (χ0) is 11.7. The molecular weight excluding hydrogens is 200 g/mol. The Labute approximate surface area is 87.4 Å². The van der Waals surface area contributed by atoms with Crippen molar-refractivity contribution in [2.45, 2.75) is 0 Å². The van der Waals surface area contributed by atoms with Crippen molar-refractivity contribution in [2.75, 3.05) is 20.3 Å². The van der Waals surface area contributed by atoms with E-state index in [2.05, 4.69) is 0 Å². The van der Waals surface area contributed by atoms with Gasteiger partial charge in [-0.05, 0) is 12.1 Å². The van der Waals surface area contributed by atoms with Crippen LogP contribution in [0.5, 0.6) is 5.75 Å². The number of nitrogens with two attached hydrogens (primary N) is 1. The first kappa shape index (κ1) is 13.3. The summed E-state index contributed by atoms with van der Waals surface area (Å²) in [5.74, 6) is 0.621. The molecule has 0 amide bonds. The van der Waals surface area contributed by atoms with Crippen LogP contribution in [0.3, 0.4) is 0 Å². The molecule has 0 spiro atoms. The van der Waals surface area contributed by atoms with Crippen molar-refractivity contribution in [2.24, 2.45) is 5.73 Å². The van der Waals surface area contributed by atoms with Crippen molar-refractivity contribution < 1.29 is 14.8 Å². The summed E-state index contributed by atoms with van der Waals surface area (Å²) in [5, 5.41) is 17.9. The van der Waals surface area contributed by atoms with Crippen molar-refractivity contribution in [3.63, 3.8) is 0 Å². The quantitative estimate of drug-likeness (QED) is 0.565. The maximum Gasteiger partial charge on any atom is 0.269 e. The van der Waals surface area contributed by atoms with Crippen molar-refractivity contribution >= 4 is 5.69 Å². The Morgan fingerprint density at radius 2 is 1.93 bits per heavy atom. The second kappa shape index (κ2) is 7.72. The number of rotatable bonds is 3. The van der Waals surface area contributed by atoms with Crippen molar-refractivity contribution in [3.05, 3.63) is 34.4 Å². The average molecular weight is 214 g/mol. The highest BCUT2D eigenvalue weighted by molar-refractivity contribution is 5.35. The predicted octanol–water partition coefficient (Wildman–Crippen LogP) is 0.541. The molecule has 0 fully saturated rings. The average Bonchev–Trinajstić information content (AvgIpc) is 2.29. The van der Waals surface area contributed by atoms with Crippen LogP contribution in [0, 0.1) is 10.1 Å². The molecule has 1 aromatic rings. The van der Waals surface area contributed by atoms with Gasteiger partial charge in [0.2, 0.25) is 0 Å². The molecule has 6 heteroatoms. The summed E-state index contributed by atoms with van der Waals surface area (Å²) in [4.78, 5) is 9.72. The van der Waals surface area contributed by atoms with E-state index < -0.39 is 4.92 Å². The van der Waals surface area contributed by atoms with Crippen LogP contribution in [0.2, 0.25) is 0 Å². The van der Waals surface area contributed by atoms with Gasteiger partial charge < -0.3 is 15.6 Å². The summed E-state index contributed by atoms with van der Waals surface area (Å²) in [6.07, 6.45) is 0. The zero-order valence-electron chi connectivity index (χ0n) is 8.42. The van der Waals surface area contributed by atoms with E-state index in [9.17, 15) is 10.1 Å². The zero-order valence-corrected chi connectivity index (χ0v) is 8.42. The van der Waals surface area contributed by atoms with Crippen LogP contribution in [-0.2, 0) is 0 Å². The molecule has 1 aromatic carbocycles. The van der Waals surface area contributed by atoms with E-state index in [-0.39, 0.29) is 12.3 Å². The minimum Gasteiger partial charge on any atom is -0.497 e. The Balaban J connectivity index is 0.000000423. The molecule has 0 aliphatic heterocycles. The van der Waals surface area contributed by atoms with Gasteiger partial charge in [-0.15, -0.1) is 0 Å². The molecule has 0 aliphatic rings. The fraction of sp³-hybridized carbons (Fsp3) is 0.333. The first-order chi connectivity index (χ1) is 7.15. The minimum atomic E-state index is -0.445. The number of nitrogens with zero attached hydrogens (tertiary/aromatic N) is 1. The number of non-ortho nitro benzene ring substituents is 1. The van der Waals surface area contributed by atoms with Crippen LogP contribution in [0.1, 0.15) is 0 Å². The molecule has 1 rings (SSSR count). The van der Waals surface area contributed by atoms with E-state index in [4.69, 9.17) is 15.6 Å². The normalized spacial score (nSPS) is 8.73. The van der Waals surface area contributed by atoms with Crippen LogP contribution < -0.4 is 10.5 Å². The number of nitro groups is 1. The summed E-state index contributed by atoms with van der Waals surface area (Å²) in [6.45, 7) is 0.472. The van der Waals surface area contributed by atoms with Gasteiger partial charge in [0, 0.05) is 18.7 Å². The Bertz CT molecular complexity index is 285. The van der Waals surface area contributed by atoms with Gasteiger partial charge in [0.05, 0.1) is 18.6 Å². The van der Waals surface area contributed by atoms with E-state index in [1.165, 1.54) is 19.2 Å². The van der Waals surface area contributed by atoms with E-state index in [1.807, 2.05) is 0 Å². The number of aliphatic hydroxyl groups excluding tert-OH is 1. The first-order valence-corrected chi connectivity index (χ1v) is 4.25. The molecule has 0 aliphatic carbocycles. The number of ether oxygens (including phenoxy) is 1. The molecule has 0 aromatic heterocycles. The smallest absolute Gasteiger partial charge is 0.269 e. The standard InChI is InChI=1S/C7H7NO3.C2H7NO/c1-11-7-4-2-6(3-5-7)8(9)10;3-1-2-4/h2-5H,1H3;4H,1-3H2. The monoisotopic (exact) mass is 214 g/mol. The highest BCUT2D eigenvalue weighted by Gasteiger charge is 2.02. The largest absolute Gasteiger partial charge is 0.497 e. The third-order valence-electron chi connectivity index (χ3n) is 1.41. The van der Waals surface area contributed by atoms with Gasteiger partial charge in [-0.3, -0.25) is 10.1 Å². The molecule has 0 atom stereocenters. The van der Waals surface area contributed by atoms with E-state index in [0.29, 0.717) is 12.3 Å². The van der Waals surface area contributed by atoms with Gasteiger partial charge in [0.1, 0.15) is 5.75 Å². The van der Waals surface area contributed by atoms with E-state index in [1.54, 1.807) is 12.1 Å². The fourth-order valence-corrected chi connectivity index (χ4v) is 0.704. The second-order valence-electron chi connectivity index (χ2n) is 2.47. The van der Waals surface area contributed by atoms with Crippen LogP contribution in [0.25, 0.3) is 0 Å². The summed E-state index contributed by atoms with van der Waals surface area (Å²) >= 11 is 0. The first-order valence-electron chi connectivity index (χ1n) is 4.25. The van der Waals surface area contributed by atoms with Crippen molar-refractivity contribution in [1.82, 2.24) is 0 Å². The van der Waals surface area contributed by atoms with E-state index >= 15 is 0 Å². The molecule has 0 unspecified atom stereocenters. The summed E-state index contributed by atoms with van der Waals surface area (Å²) < 4.78 is 4.83. The SMILES string of the molecule is COc1ccc([N+](=O)[O-])cc1.NCCO. The summed E-state index contributed by atoms with van der Waals surface area (Å²) in [7, 11) is 1.52. The lowest BCUT2D eigenvalue weighted by molar-refractivity contribution is -0.384. The number of methoxy groups -OCH3 is 1. The van der Waals surface area contributed by atoms with Crippen molar-refractivity contribution in [1.29, 1.82) is 0 Å². The van der Waals surface area contributed by atoms with Gasteiger partial charge in [0.15, 0.2) is 0 Å². The van der Waals surface area contributed by atoms with Gasteiger partial charge in [-0.25, -0.2) is 0 Å². The Hall–Kier alpha value is -1.66. The number of nitro benzene ring substituents is 1. The van der Waals surface area contributed by atoms with E-state index in [0.717, 1.165) is 0 Å². The van der Waals surface area contributed by atoms with Gasteiger partial charge in [0.25, 0.3) is 5.69 Å². The fourth-order valence-electron chi connectivity index (χ4n) is 0.704. The molecule has 84 valence electrons. The maximum absolute atomic E-state index is 10.2. The third-order valence-corrected chi connectivity index (χ3v) is 1.41. The molecule has 15 heavy (non-hydrogen) atoms. The lowest BCUT2D eigenvalue weighted by Gasteiger charge is -1.96. The summed E-state index contributed by atoms with van der Waals surface area (Å²) in [5.41, 5.74) is 4.85. The van der Waals surface area contributed by atoms with Gasteiger partial charge >= 0.3 is 0 Å². The molecule has 0 saturated heterocycles. The lowest BCUT2D eigenvalue weighted by Crippen LogP contribution is -2.02. The van der Waals surface area contributed by atoms with Crippen LogP contribution in [-0.4, -0.2) is 30.3 Å². The molecule has 0 heterocycles. The molecular formula is C9H14N2O4. The molecule has 3 N–H and O–H groups in total. The molecule has 0 radical (unpaired) electrons. The Morgan fingerprint density at radius 1 is 1.47 bits per heavy atom. The number of aliphatic hydroxyl groups is 1. The van der Waals surface area contributed by atoms with Crippen molar-refractivity contribution in [3.8, 4) is 5.75 Å². The number of hydrogen-bond acceptors (Lipinski definition) is 5.